The molecule has 0 N–H and O–H groups in total. The Balaban J connectivity index is 1.73. The molecule has 0 radical (unpaired) electrons. The monoisotopic (exact) mass is 509 g/mol. The van der Waals surface area contributed by atoms with Gasteiger partial charge in [0, 0.05) is 36.5 Å². The molecule has 188 valence electrons. The lowest BCUT2D eigenvalue weighted by molar-refractivity contribution is -0.384. The van der Waals surface area contributed by atoms with Gasteiger partial charge in [0.15, 0.2) is 0 Å². The summed E-state index contributed by atoms with van der Waals surface area (Å²) in [5, 5.41) is 15.7. The summed E-state index contributed by atoms with van der Waals surface area (Å²) in [6.45, 7) is 7.07. The van der Waals surface area contributed by atoms with Gasteiger partial charge in [-0.1, -0.05) is 6.07 Å². The maximum Gasteiger partial charge on any atom is 0.438 e. The van der Waals surface area contributed by atoms with E-state index in [1.165, 1.54) is 19.2 Å². The number of aryl methyl sites for hydroxylation is 1. The molecule has 0 saturated carbocycles. The topological polar surface area (TPSA) is 118 Å². The number of methoxy groups -OCH3 is 1. The van der Waals surface area contributed by atoms with Crippen LogP contribution in [0.15, 0.2) is 52.6 Å². The highest BCUT2D eigenvalue weighted by atomic mass is 32.2. The number of amidine groups is 1. The summed E-state index contributed by atoms with van der Waals surface area (Å²) in [6.07, 6.45) is 0.914. The molecule has 0 aromatic heterocycles. The van der Waals surface area contributed by atoms with Crippen LogP contribution in [0, 0.1) is 10.1 Å². The van der Waals surface area contributed by atoms with Crippen LogP contribution in [0.2, 0.25) is 0 Å². The number of carbonyl (C=O) groups excluding carboxylic acids is 2. The molecule has 2 heterocycles. The summed E-state index contributed by atoms with van der Waals surface area (Å²) in [4.78, 5) is 42.0. The standard InChI is InChI=1S/C25H27N5O5S/c1-5-26-22(16-8-11-19(12-9-16)30(33)34)28-14-6-7-17-15-18(10-13-20(17)28)21-25(2,3)36-24(32)29(27-21)23(31)35-4/h8-13,15H,5-7,14H2,1-4H3. The number of rotatable bonds is 4. The number of ether oxygens (including phenoxy) is 1. The summed E-state index contributed by atoms with van der Waals surface area (Å²) < 4.78 is 4.08. The Morgan fingerprint density at radius 3 is 2.61 bits per heavy atom. The Morgan fingerprint density at radius 2 is 1.97 bits per heavy atom. The van der Waals surface area contributed by atoms with Crippen molar-refractivity contribution in [3.8, 4) is 0 Å². The zero-order valence-corrected chi connectivity index (χ0v) is 21.4. The van der Waals surface area contributed by atoms with Gasteiger partial charge in [0.1, 0.15) is 5.84 Å². The molecule has 0 fully saturated rings. The van der Waals surface area contributed by atoms with Gasteiger partial charge < -0.3 is 9.64 Å². The zero-order valence-electron chi connectivity index (χ0n) is 20.6. The summed E-state index contributed by atoms with van der Waals surface area (Å²) in [6, 6.07) is 12.4. The molecule has 4 rings (SSSR count). The quantitative estimate of drug-likeness (QED) is 0.240. The summed E-state index contributed by atoms with van der Waals surface area (Å²) in [5.74, 6) is 0.759. The Kier molecular flexibility index (Phi) is 7.11. The molecule has 0 spiro atoms. The first kappa shape index (κ1) is 25.4. The number of aliphatic imine (C=N–C) groups is 1. The average molecular weight is 510 g/mol. The minimum atomic E-state index is -0.826. The van der Waals surface area contributed by atoms with Gasteiger partial charge >= 0.3 is 11.3 Å². The lowest BCUT2D eigenvalue weighted by Gasteiger charge is -2.35. The Bertz CT molecular complexity index is 1270. The predicted octanol–water partition coefficient (Wildman–Crippen LogP) is 5.23. The lowest BCUT2D eigenvalue weighted by Crippen LogP contribution is -2.43. The van der Waals surface area contributed by atoms with Crippen molar-refractivity contribution in [3.63, 3.8) is 0 Å². The normalized spacial score (nSPS) is 17.4. The third kappa shape index (κ3) is 4.83. The van der Waals surface area contributed by atoms with E-state index in [2.05, 4.69) is 10.0 Å². The number of anilines is 1. The van der Waals surface area contributed by atoms with Gasteiger partial charge in [0.2, 0.25) is 0 Å². The van der Waals surface area contributed by atoms with Crippen molar-refractivity contribution in [2.45, 2.75) is 38.4 Å². The van der Waals surface area contributed by atoms with Gasteiger partial charge in [-0.3, -0.25) is 19.9 Å². The highest BCUT2D eigenvalue weighted by Gasteiger charge is 2.40. The van der Waals surface area contributed by atoms with Crippen LogP contribution in [0.4, 0.5) is 21.0 Å². The average Bonchev–Trinajstić information content (AvgIpc) is 2.86. The van der Waals surface area contributed by atoms with Crippen LogP contribution in [-0.4, -0.2) is 57.8 Å². The van der Waals surface area contributed by atoms with Gasteiger partial charge in [-0.05, 0) is 80.8 Å². The molecule has 2 aromatic carbocycles. The molecule has 2 aliphatic rings. The van der Waals surface area contributed by atoms with Crippen LogP contribution in [0.5, 0.6) is 0 Å². The van der Waals surface area contributed by atoms with E-state index < -0.39 is 21.0 Å². The minimum absolute atomic E-state index is 0.0338. The van der Waals surface area contributed by atoms with Gasteiger partial charge in [0.25, 0.3) is 5.69 Å². The fraction of sp³-hybridized carbons (Fsp3) is 0.360. The lowest BCUT2D eigenvalue weighted by atomic mass is 9.93. The van der Waals surface area contributed by atoms with Crippen LogP contribution < -0.4 is 4.90 Å². The molecule has 2 aromatic rings. The first-order valence-corrected chi connectivity index (χ1v) is 12.4. The van der Waals surface area contributed by atoms with Crippen molar-refractivity contribution >= 4 is 46.0 Å². The fourth-order valence-corrected chi connectivity index (χ4v) is 5.25. The molecule has 2 aliphatic heterocycles. The number of non-ortho nitro benzene ring substituents is 1. The molecular weight excluding hydrogens is 482 g/mol. The van der Waals surface area contributed by atoms with E-state index in [1.54, 1.807) is 12.1 Å². The molecule has 11 heteroatoms. The first-order valence-electron chi connectivity index (χ1n) is 11.6. The van der Waals surface area contributed by atoms with E-state index in [9.17, 15) is 19.7 Å². The summed E-state index contributed by atoms with van der Waals surface area (Å²) >= 11 is 1.03. The zero-order chi connectivity index (χ0) is 26.0. The van der Waals surface area contributed by atoms with Crippen molar-refractivity contribution in [2.24, 2.45) is 10.1 Å². The second-order valence-electron chi connectivity index (χ2n) is 8.81. The maximum absolute atomic E-state index is 12.4. The molecular formula is C25H27N5O5S. The largest absolute Gasteiger partial charge is 0.451 e. The number of carbonyl (C=O) groups is 2. The highest BCUT2D eigenvalue weighted by Crippen LogP contribution is 2.38. The maximum atomic E-state index is 12.4. The summed E-state index contributed by atoms with van der Waals surface area (Å²) in [7, 11) is 1.21. The number of imide groups is 1. The smallest absolute Gasteiger partial charge is 0.438 e. The van der Waals surface area contributed by atoms with Crippen LogP contribution in [0.3, 0.4) is 0 Å². The number of nitro groups is 1. The molecule has 0 atom stereocenters. The number of fused-ring (bicyclic) bond motifs is 1. The number of hydrogen-bond donors (Lipinski definition) is 0. The van der Waals surface area contributed by atoms with Gasteiger partial charge in [0.05, 0.1) is 22.5 Å². The Labute approximate surface area is 213 Å². The van der Waals surface area contributed by atoms with Crippen LogP contribution in [0.1, 0.15) is 43.9 Å². The third-order valence-corrected chi connectivity index (χ3v) is 7.06. The highest BCUT2D eigenvalue weighted by molar-refractivity contribution is 8.15. The Morgan fingerprint density at radius 1 is 1.25 bits per heavy atom. The number of benzene rings is 2. The number of nitro benzene ring substituents is 1. The number of nitrogens with zero attached hydrogens (tertiary/aromatic N) is 5. The van der Waals surface area contributed by atoms with Crippen molar-refractivity contribution in [3.05, 3.63) is 69.3 Å². The fourth-order valence-electron chi connectivity index (χ4n) is 4.36. The number of amides is 2. The van der Waals surface area contributed by atoms with Crippen molar-refractivity contribution < 1.29 is 19.2 Å². The molecule has 0 unspecified atom stereocenters. The van der Waals surface area contributed by atoms with Crippen LogP contribution in [0.25, 0.3) is 0 Å². The van der Waals surface area contributed by atoms with Gasteiger partial charge in [-0.15, -0.1) is 5.01 Å². The predicted molar refractivity (Wildman–Crippen MR) is 140 cm³/mol. The van der Waals surface area contributed by atoms with Gasteiger partial charge in [-0.25, -0.2) is 4.79 Å². The molecule has 2 amide bonds. The molecule has 0 saturated heterocycles. The molecule has 0 bridgehead atoms. The van der Waals surface area contributed by atoms with Crippen molar-refractivity contribution in [1.29, 1.82) is 0 Å². The van der Waals surface area contributed by atoms with Crippen LogP contribution >= 0.6 is 11.8 Å². The Hall–Kier alpha value is -3.73. The molecule has 10 nitrogen and oxygen atoms in total. The molecule has 0 aliphatic carbocycles. The SMILES string of the molecule is CCN=C(c1ccc([N+](=O)[O-])cc1)N1CCCc2cc(C3=NN(C(=O)OC)C(=O)SC3(C)C)ccc21. The van der Waals surface area contributed by atoms with E-state index in [4.69, 9.17) is 9.73 Å². The molecule has 36 heavy (non-hydrogen) atoms. The van der Waals surface area contributed by atoms with Crippen molar-refractivity contribution in [1.82, 2.24) is 5.01 Å². The number of hydrogen-bond acceptors (Lipinski definition) is 8. The van der Waals surface area contributed by atoms with Gasteiger partial charge in [-0.2, -0.15) is 5.10 Å². The minimum Gasteiger partial charge on any atom is -0.451 e. The van der Waals surface area contributed by atoms with E-state index in [-0.39, 0.29) is 5.69 Å². The van der Waals surface area contributed by atoms with Crippen molar-refractivity contribution in [2.75, 3.05) is 25.1 Å². The number of thioether (sulfide) groups is 1. The van der Waals surface area contributed by atoms with E-state index in [1.807, 2.05) is 39.0 Å². The number of hydrazone groups is 1. The second kappa shape index (κ2) is 10.1. The second-order valence-corrected chi connectivity index (χ2v) is 10.4. The van der Waals surface area contributed by atoms with E-state index in [0.29, 0.717) is 12.3 Å². The third-order valence-electron chi connectivity index (χ3n) is 6.00. The van der Waals surface area contributed by atoms with E-state index >= 15 is 0 Å². The van der Waals surface area contributed by atoms with Crippen LogP contribution in [-0.2, 0) is 11.2 Å². The summed E-state index contributed by atoms with van der Waals surface area (Å²) in [5.41, 5.74) is 4.36. The van der Waals surface area contributed by atoms with E-state index in [0.717, 1.165) is 64.4 Å². The first-order chi connectivity index (χ1) is 17.2.